The minimum absolute atomic E-state index is 0.236. The summed E-state index contributed by atoms with van der Waals surface area (Å²) >= 11 is 0. The third-order valence-corrected chi connectivity index (χ3v) is 6.06. The molecule has 5 heteroatoms. The van der Waals surface area contributed by atoms with E-state index in [0.29, 0.717) is 17.9 Å². The number of halogens is 1. The molecule has 0 spiro atoms. The van der Waals surface area contributed by atoms with Crippen LogP contribution in [0.5, 0.6) is 0 Å². The SMILES string of the molecule is CN(c1ccc(F)cc1)c1ccc2c(c1)CCC[C@H]2CCc1cnccc1C(=O)O. The lowest BCUT2D eigenvalue weighted by molar-refractivity contribution is 0.0695. The van der Waals surface area contributed by atoms with Gasteiger partial charge in [-0.1, -0.05) is 6.07 Å². The molecule has 0 radical (unpaired) electrons. The largest absolute Gasteiger partial charge is 0.478 e. The van der Waals surface area contributed by atoms with Gasteiger partial charge in [-0.2, -0.15) is 0 Å². The van der Waals surface area contributed by atoms with Gasteiger partial charge in [0.15, 0.2) is 0 Å². The summed E-state index contributed by atoms with van der Waals surface area (Å²) in [5, 5.41) is 9.40. The van der Waals surface area contributed by atoms with Crippen molar-refractivity contribution in [2.45, 2.75) is 38.0 Å². The van der Waals surface area contributed by atoms with E-state index in [1.807, 2.05) is 7.05 Å². The lowest BCUT2D eigenvalue weighted by atomic mass is 9.79. The summed E-state index contributed by atoms with van der Waals surface area (Å²) in [6.45, 7) is 0. The Labute approximate surface area is 176 Å². The molecule has 0 bridgehead atoms. The molecule has 1 heterocycles. The zero-order valence-electron chi connectivity index (χ0n) is 17.0. The number of rotatable bonds is 6. The van der Waals surface area contributed by atoms with Gasteiger partial charge in [0.05, 0.1) is 5.56 Å². The number of anilines is 2. The topological polar surface area (TPSA) is 53.4 Å². The fraction of sp³-hybridized carbons (Fsp3) is 0.280. The minimum atomic E-state index is -0.898. The lowest BCUT2D eigenvalue weighted by Crippen LogP contribution is -2.14. The normalized spacial score (nSPS) is 15.5. The maximum Gasteiger partial charge on any atom is 0.336 e. The van der Waals surface area contributed by atoms with E-state index in [4.69, 9.17) is 0 Å². The molecule has 1 N–H and O–H groups in total. The molecule has 2 aromatic carbocycles. The van der Waals surface area contributed by atoms with Crippen molar-refractivity contribution in [1.29, 1.82) is 0 Å². The lowest BCUT2D eigenvalue weighted by Gasteiger charge is -2.28. The third kappa shape index (κ3) is 4.20. The van der Waals surface area contributed by atoms with Gasteiger partial charge in [0, 0.05) is 30.8 Å². The van der Waals surface area contributed by atoms with Crippen molar-refractivity contribution in [2.75, 3.05) is 11.9 Å². The van der Waals surface area contributed by atoms with Crippen molar-refractivity contribution in [3.63, 3.8) is 0 Å². The summed E-state index contributed by atoms with van der Waals surface area (Å²) in [5.74, 6) is -0.717. The molecule has 0 amide bonds. The summed E-state index contributed by atoms with van der Waals surface area (Å²) in [7, 11) is 1.99. The van der Waals surface area contributed by atoms with Crippen LogP contribution in [-0.4, -0.2) is 23.1 Å². The summed E-state index contributed by atoms with van der Waals surface area (Å²) in [6.07, 6.45) is 8.10. The van der Waals surface area contributed by atoms with Crippen molar-refractivity contribution in [1.82, 2.24) is 4.98 Å². The zero-order valence-corrected chi connectivity index (χ0v) is 17.0. The van der Waals surface area contributed by atoms with E-state index in [2.05, 4.69) is 28.1 Å². The Morgan fingerprint density at radius 3 is 2.70 bits per heavy atom. The van der Waals surface area contributed by atoms with Crippen LogP contribution in [0.4, 0.5) is 15.8 Å². The predicted octanol–water partition coefficient (Wildman–Crippen LogP) is 5.74. The maximum atomic E-state index is 13.2. The smallest absolute Gasteiger partial charge is 0.336 e. The molecule has 1 aliphatic rings. The number of carboxylic acids is 1. The highest BCUT2D eigenvalue weighted by atomic mass is 19.1. The van der Waals surface area contributed by atoms with Crippen LogP contribution in [-0.2, 0) is 12.8 Å². The standard InChI is InChI=1S/C25H25FN2O2/c1-28(21-9-7-20(26)8-10-21)22-11-12-23-17(3-2-4-18(23)15-22)5-6-19-16-27-14-13-24(19)25(29)30/h7-17H,2-6H2,1H3,(H,29,30)/t17-/m0/s1. The maximum absolute atomic E-state index is 13.2. The van der Waals surface area contributed by atoms with E-state index in [1.54, 1.807) is 24.4 Å². The van der Waals surface area contributed by atoms with Gasteiger partial charge in [-0.05, 0) is 97.2 Å². The first-order chi connectivity index (χ1) is 14.5. The van der Waals surface area contributed by atoms with Crippen LogP contribution < -0.4 is 4.90 Å². The van der Waals surface area contributed by atoms with E-state index >= 15 is 0 Å². The Hall–Kier alpha value is -3.21. The second kappa shape index (κ2) is 8.66. The van der Waals surface area contributed by atoms with Gasteiger partial charge >= 0.3 is 5.97 Å². The number of carboxylic acid groups (broad SMARTS) is 1. The number of carbonyl (C=O) groups is 1. The molecule has 0 saturated heterocycles. The number of hydrogen-bond donors (Lipinski definition) is 1. The highest BCUT2D eigenvalue weighted by molar-refractivity contribution is 5.89. The highest BCUT2D eigenvalue weighted by Gasteiger charge is 2.22. The monoisotopic (exact) mass is 404 g/mol. The Morgan fingerprint density at radius 1 is 1.17 bits per heavy atom. The Balaban J connectivity index is 1.52. The molecular weight excluding hydrogens is 379 g/mol. The van der Waals surface area contributed by atoms with Gasteiger partial charge < -0.3 is 10.0 Å². The highest BCUT2D eigenvalue weighted by Crippen LogP contribution is 2.37. The fourth-order valence-electron chi connectivity index (χ4n) is 4.39. The molecule has 0 aliphatic heterocycles. The second-order valence-electron chi connectivity index (χ2n) is 7.88. The first kappa shape index (κ1) is 20.1. The summed E-state index contributed by atoms with van der Waals surface area (Å²) in [6, 6.07) is 14.6. The van der Waals surface area contributed by atoms with E-state index in [-0.39, 0.29) is 5.82 Å². The number of fused-ring (bicyclic) bond motifs is 1. The molecule has 30 heavy (non-hydrogen) atoms. The van der Waals surface area contributed by atoms with E-state index in [1.165, 1.54) is 29.5 Å². The first-order valence-corrected chi connectivity index (χ1v) is 10.3. The zero-order chi connectivity index (χ0) is 21.1. The Kier molecular flexibility index (Phi) is 5.79. The van der Waals surface area contributed by atoms with Gasteiger partial charge in [-0.3, -0.25) is 4.98 Å². The number of benzene rings is 2. The average molecular weight is 404 g/mol. The summed E-state index contributed by atoms with van der Waals surface area (Å²) in [4.78, 5) is 17.6. The molecule has 1 atom stereocenters. The van der Waals surface area contributed by atoms with Crippen LogP contribution in [0.3, 0.4) is 0 Å². The van der Waals surface area contributed by atoms with Gasteiger partial charge in [-0.25, -0.2) is 9.18 Å². The summed E-state index contributed by atoms with van der Waals surface area (Å²) < 4.78 is 13.2. The van der Waals surface area contributed by atoms with Gasteiger partial charge in [-0.15, -0.1) is 0 Å². The minimum Gasteiger partial charge on any atom is -0.478 e. The average Bonchev–Trinajstić information content (AvgIpc) is 2.77. The van der Waals surface area contributed by atoms with Crippen molar-refractivity contribution >= 4 is 17.3 Å². The van der Waals surface area contributed by atoms with Gasteiger partial charge in [0.1, 0.15) is 5.82 Å². The number of hydrogen-bond acceptors (Lipinski definition) is 3. The number of nitrogens with zero attached hydrogens (tertiary/aromatic N) is 2. The van der Waals surface area contributed by atoms with Crippen molar-refractivity contribution in [3.8, 4) is 0 Å². The molecule has 1 aliphatic carbocycles. The van der Waals surface area contributed by atoms with Crippen molar-refractivity contribution < 1.29 is 14.3 Å². The fourth-order valence-corrected chi connectivity index (χ4v) is 4.39. The molecule has 4 nitrogen and oxygen atoms in total. The Morgan fingerprint density at radius 2 is 1.93 bits per heavy atom. The quantitative estimate of drug-likeness (QED) is 0.569. The molecule has 1 aromatic heterocycles. The second-order valence-corrected chi connectivity index (χ2v) is 7.88. The predicted molar refractivity (Wildman–Crippen MR) is 116 cm³/mol. The molecule has 0 fully saturated rings. The van der Waals surface area contributed by atoms with Crippen LogP contribution in [0, 0.1) is 5.82 Å². The first-order valence-electron chi connectivity index (χ1n) is 10.3. The van der Waals surface area contributed by atoms with E-state index in [0.717, 1.165) is 42.6 Å². The van der Waals surface area contributed by atoms with Crippen LogP contribution in [0.1, 0.15) is 52.2 Å². The van der Waals surface area contributed by atoms with Crippen LogP contribution in [0.2, 0.25) is 0 Å². The van der Waals surface area contributed by atoms with Crippen molar-refractivity contribution in [2.24, 2.45) is 0 Å². The van der Waals surface area contributed by atoms with E-state index in [9.17, 15) is 14.3 Å². The number of aromatic nitrogens is 1. The van der Waals surface area contributed by atoms with E-state index < -0.39 is 5.97 Å². The molecule has 0 saturated carbocycles. The molecular formula is C25H25FN2O2. The van der Waals surface area contributed by atoms with Gasteiger partial charge in [0.2, 0.25) is 0 Å². The van der Waals surface area contributed by atoms with Crippen LogP contribution >= 0.6 is 0 Å². The molecule has 0 unspecified atom stereocenters. The molecule has 3 aromatic rings. The third-order valence-electron chi connectivity index (χ3n) is 6.06. The molecule has 4 rings (SSSR count). The van der Waals surface area contributed by atoms with Crippen LogP contribution in [0.15, 0.2) is 60.9 Å². The number of aryl methyl sites for hydroxylation is 2. The molecule has 154 valence electrons. The summed E-state index contributed by atoms with van der Waals surface area (Å²) in [5.41, 5.74) is 5.88. The van der Waals surface area contributed by atoms with Gasteiger partial charge in [0.25, 0.3) is 0 Å². The number of aromatic carboxylic acids is 1. The van der Waals surface area contributed by atoms with Crippen molar-refractivity contribution in [3.05, 3.63) is 89.0 Å². The number of pyridine rings is 1. The van der Waals surface area contributed by atoms with Crippen LogP contribution in [0.25, 0.3) is 0 Å². The Bertz CT molecular complexity index is 1050.